The standard InChI is InChI=1S/C33H45N2O9PSi/c1-22-21-35(32(37)34-30(22)36)31-29(42-19-18-39-5)28(27(43-31)25-20-26(25)45(38,40-6)41-7)44-46(33(2,3)4,23-14-10-8-11-15-23)24-16-12-9-13-17-24/h8-17,21,25-29,31H,18-20H2,1-7H3,(H,34,36,37)/t25?,26?,27-,28-,29-,31-/m1/s1. The van der Waals surface area contributed by atoms with Crippen molar-refractivity contribution in [3.8, 4) is 0 Å². The predicted octanol–water partition coefficient (Wildman–Crippen LogP) is 3.59. The van der Waals surface area contributed by atoms with E-state index in [1.54, 1.807) is 14.0 Å². The lowest BCUT2D eigenvalue weighted by atomic mass is 10.1. The molecule has 2 unspecified atom stereocenters. The zero-order valence-electron chi connectivity index (χ0n) is 27.5. The second-order valence-corrected chi connectivity index (χ2v) is 19.6. The summed E-state index contributed by atoms with van der Waals surface area (Å²) in [6.45, 7) is 8.68. The fourth-order valence-electron chi connectivity index (χ4n) is 6.75. The zero-order chi connectivity index (χ0) is 33.3. The van der Waals surface area contributed by atoms with Crippen molar-refractivity contribution in [1.29, 1.82) is 0 Å². The van der Waals surface area contributed by atoms with Crippen LogP contribution < -0.4 is 21.6 Å². The number of benzene rings is 2. The molecule has 2 aromatic carbocycles. The van der Waals surface area contributed by atoms with Crippen LogP contribution in [0.5, 0.6) is 0 Å². The summed E-state index contributed by atoms with van der Waals surface area (Å²) in [7, 11) is -2.27. The average molecular weight is 673 g/mol. The number of nitrogens with zero attached hydrogens (tertiary/aromatic N) is 1. The third kappa shape index (κ3) is 6.42. The molecular weight excluding hydrogens is 627 g/mol. The molecule has 1 N–H and O–H groups in total. The highest BCUT2D eigenvalue weighted by atomic mass is 31.2. The monoisotopic (exact) mass is 672 g/mol. The number of aryl methyl sites for hydroxylation is 1. The highest BCUT2D eigenvalue weighted by Gasteiger charge is 2.64. The van der Waals surface area contributed by atoms with Gasteiger partial charge < -0.3 is 27.7 Å². The van der Waals surface area contributed by atoms with Gasteiger partial charge in [0.25, 0.3) is 13.9 Å². The van der Waals surface area contributed by atoms with Crippen LogP contribution in [0.2, 0.25) is 5.04 Å². The summed E-state index contributed by atoms with van der Waals surface area (Å²) in [6.07, 6.45) is -1.12. The Labute approximate surface area is 270 Å². The average Bonchev–Trinajstić information content (AvgIpc) is 3.78. The fourth-order valence-corrected chi connectivity index (χ4v) is 13.3. The maximum absolute atomic E-state index is 13.6. The van der Waals surface area contributed by atoms with Gasteiger partial charge in [-0.15, -0.1) is 0 Å². The number of ether oxygens (including phenoxy) is 3. The molecule has 1 saturated heterocycles. The number of hydrogen-bond acceptors (Lipinski definition) is 9. The van der Waals surface area contributed by atoms with E-state index >= 15 is 0 Å². The van der Waals surface area contributed by atoms with Crippen LogP contribution in [0.3, 0.4) is 0 Å². The maximum Gasteiger partial charge on any atom is 0.333 e. The zero-order valence-corrected chi connectivity index (χ0v) is 29.4. The molecule has 2 fully saturated rings. The Kier molecular flexibility index (Phi) is 10.4. The van der Waals surface area contributed by atoms with Gasteiger partial charge in [-0.2, -0.15) is 0 Å². The summed E-state index contributed by atoms with van der Waals surface area (Å²) < 4.78 is 52.0. The van der Waals surface area contributed by atoms with Gasteiger partial charge in [0.1, 0.15) is 12.2 Å². The summed E-state index contributed by atoms with van der Waals surface area (Å²) >= 11 is 0. The molecule has 11 nitrogen and oxygen atoms in total. The minimum Gasteiger partial charge on any atom is -0.399 e. The van der Waals surface area contributed by atoms with Gasteiger partial charge in [0, 0.05) is 39.0 Å². The van der Waals surface area contributed by atoms with Gasteiger partial charge in [-0.05, 0) is 28.8 Å². The van der Waals surface area contributed by atoms with E-state index in [2.05, 4.69) is 50.0 Å². The molecule has 0 radical (unpaired) electrons. The van der Waals surface area contributed by atoms with Crippen molar-refractivity contribution in [2.75, 3.05) is 34.5 Å². The molecule has 46 heavy (non-hydrogen) atoms. The summed E-state index contributed by atoms with van der Waals surface area (Å²) in [5.41, 5.74) is -1.18. The molecule has 2 aliphatic rings. The van der Waals surface area contributed by atoms with Gasteiger partial charge in [0.15, 0.2) is 6.23 Å². The van der Waals surface area contributed by atoms with Crippen molar-refractivity contribution < 1.29 is 32.2 Å². The van der Waals surface area contributed by atoms with Crippen molar-refractivity contribution in [3.05, 3.63) is 93.3 Å². The SMILES string of the molecule is COCCO[C@@H]1[C@H](O[Si](c2ccccc2)(c2ccccc2)C(C)(C)C)[C@@H](C2CC2P(=O)(OC)OC)O[C@H]1n1cc(C)c(=O)[nH]c1=O. The first-order valence-corrected chi connectivity index (χ1v) is 19.0. The summed E-state index contributed by atoms with van der Waals surface area (Å²) in [5.74, 6) is -0.271. The number of aromatic amines is 1. The van der Waals surface area contributed by atoms with Gasteiger partial charge in [-0.3, -0.25) is 18.9 Å². The van der Waals surface area contributed by atoms with Crippen LogP contribution in [0.15, 0.2) is 76.4 Å². The third-order valence-corrected chi connectivity index (χ3v) is 16.6. The first-order valence-electron chi connectivity index (χ1n) is 15.5. The minimum absolute atomic E-state index is 0.203. The molecule has 1 aromatic heterocycles. The number of aromatic nitrogens is 2. The van der Waals surface area contributed by atoms with Crippen LogP contribution in [0, 0.1) is 12.8 Å². The number of nitrogens with one attached hydrogen (secondary N) is 1. The van der Waals surface area contributed by atoms with Crippen LogP contribution >= 0.6 is 7.60 Å². The van der Waals surface area contributed by atoms with Gasteiger partial charge in [-0.1, -0.05) is 81.4 Å². The smallest absolute Gasteiger partial charge is 0.333 e. The molecule has 3 aromatic rings. The Balaban J connectivity index is 1.71. The minimum atomic E-state index is -3.44. The quantitative estimate of drug-likeness (QED) is 0.165. The van der Waals surface area contributed by atoms with Gasteiger partial charge >= 0.3 is 13.3 Å². The topological polar surface area (TPSA) is 127 Å². The van der Waals surface area contributed by atoms with Crippen molar-refractivity contribution in [2.45, 2.75) is 69.4 Å². The third-order valence-electron chi connectivity index (χ3n) is 9.11. The predicted molar refractivity (Wildman–Crippen MR) is 178 cm³/mol. The normalized spacial score (nSPS) is 25.1. The van der Waals surface area contributed by atoms with Gasteiger partial charge in [-0.25, -0.2) is 4.79 Å². The Morgan fingerprint density at radius 3 is 2.04 bits per heavy atom. The first kappa shape index (κ1) is 34.7. The molecule has 0 spiro atoms. The van der Waals surface area contributed by atoms with E-state index in [-0.39, 0.29) is 17.6 Å². The first-order chi connectivity index (χ1) is 21.9. The fraction of sp³-hybridized carbons (Fsp3) is 0.515. The number of rotatable bonds is 13. The van der Waals surface area contributed by atoms with Gasteiger partial charge in [0.05, 0.1) is 25.0 Å². The van der Waals surface area contributed by atoms with E-state index < -0.39 is 57.4 Å². The van der Waals surface area contributed by atoms with Crippen molar-refractivity contribution >= 4 is 26.3 Å². The van der Waals surface area contributed by atoms with Crippen molar-refractivity contribution in [3.63, 3.8) is 0 Å². The lowest BCUT2D eigenvalue weighted by molar-refractivity contribution is -0.0796. The second-order valence-electron chi connectivity index (χ2n) is 12.9. The van der Waals surface area contributed by atoms with Crippen LogP contribution in [0.4, 0.5) is 0 Å². The largest absolute Gasteiger partial charge is 0.399 e. The molecule has 6 atom stereocenters. The van der Waals surface area contributed by atoms with E-state index in [0.29, 0.717) is 18.6 Å². The molecule has 1 aliphatic heterocycles. The molecule has 2 heterocycles. The Morgan fingerprint density at radius 1 is 0.935 bits per heavy atom. The van der Waals surface area contributed by atoms with Gasteiger partial charge in [0.2, 0.25) is 0 Å². The lowest BCUT2D eigenvalue weighted by Crippen LogP contribution is -2.69. The molecule has 1 saturated carbocycles. The highest BCUT2D eigenvalue weighted by molar-refractivity contribution is 7.55. The van der Waals surface area contributed by atoms with Crippen LogP contribution in [0.1, 0.15) is 39.0 Å². The lowest BCUT2D eigenvalue weighted by Gasteiger charge is -2.46. The van der Waals surface area contributed by atoms with Crippen LogP contribution in [-0.4, -0.2) is 76.4 Å². The van der Waals surface area contributed by atoms with Crippen molar-refractivity contribution in [2.24, 2.45) is 5.92 Å². The second kappa shape index (κ2) is 13.8. The molecule has 0 bridgehead atoms. The summed E-state index contributed by atoms with van der Waals surface area (Å²) in [4.78, 5) is 28.0. The molecule has 0 amide bonds. The Bertz CT molecular complexity index is 1590. The highest BCUT2D eigenvalue weighted by Crippen LogP contribution is 2.67. The number of hydrogen-bond donors (Lipinski definition) is 1. The number of methoxy groups -OCH3 is 1. The van der Waals surface area contributed by atoms with E-state index in [1.807, 2.05) is 36.4 Å². The molecular formula is C33H45N2O9PSi. The van der Waals surface area contributed by atoms with Crippen LogP contribution in [0.25, 0.3) is 0 Å². The maximum atomic E-state index is 13.6. The number of H-pyrrole nitrogens is 1. The molecule has 250 valence electrons. The van der Waals surface area contributed by atoms with Crippen molar-refractivity contribution in [1.82, 2.24) is 9.55 Å². The van der Waals surface area contributed by atoms with E-state index in [4.69, 9.17) is 27.7 Å². The molecule has 1 aliphatic carbocycles. The molecule has 13 heteroatoms. The molecule has 5 rings (SSSR count). The van der Waals surface area contributed by atoms with E-state index in [9.17, 15) is 14.2 Å². The Hall–Kier alpha value is -2.67. The Morgan fingerprint density at radius 2 is 1.52 bits per heavy atom. The summed E-state index contributed by atoms with van der Waals surface area (Å²) in [6, 6.07) is 20.4. The van der Waals surface area contributed by atoms with E-state index in [0.717, 1.165) is 10.4 Å². The van der Waals surface area contributed by atoms with E-state index in [1.165, 1.54) is 25.0 Å². The summed E-state index contributed by atoms with van der Waals surface area (Å²) in [5, 5.41) is 1.75. The van der Waals surface area contributed by atoms with Crippen LogP contribution in [-0.2, 0) is 32.2 Å².